The van der Waals surface area contributed by atoms with Gasteiger partial charge in [0.05, 0.1) is 34.5 Å². The fraction of sp³-hybridized carbons (Fsp3) is 0.0952. The molecule has 0 amide bonds. The Morgan fingerprint density at radius 3 is 2.53 bits per heavy atom. The topological polar surface area (TPSA) is 48.5 Å². The Morgan fingerprint density at radius 2 is 1.77 bits per heavy atom. The van der Waals surface area contributed by atoms with Crippen LogP contribution >= 0.6 is 0 Å². The van der Waals surface area contributed by atoms with Crippen LogP contribution in [0.4, 0.5) is 17.6 Å². The molecule has 0 spiro atoms. The summed E-state index contributed by atoms with van der Waals surface area (Å²) in [5, 5.41) is 7.82. The van der Waals surface area contributed by atoms with E-state index in [1.54, 1.807) is 16.7 Å². The maximum Gasteiger partial charge on any atom is 0.416 e. The number of nitrogens with zero attached hydrogens (tertiary/aromatic N) is 5. The monoisotopic (exact) mass is 409 g/mol. The van der Waals surface area contributed by atoms with E-state index in [2.05, 4.69) is 27.1 Å². The Labute approximate surface area is 167 Å². The van der Waals surface area contributed by atoms with E-state index in [0.717, 1.165) is 12.1 Å². The maximum atomic E-state index is 13.2. The van der Waals surface area contributed by atoms with Gasteiger partial charge in [-0.25, -0.2) is 14.1 Å². The van der Waals surface area contributed by atoms with Crippen molar-refractivity contribution in [1.29, 1.82) is 0 Å². The van der Waals surface area contributed by atoms with E-state index >= 15 is 0 Å². The van der Waals surface area contributed by atoms with Crippen molar-refractivity contribution >= 4 is 0 Å². The first-order valence-electron chi connectivity index (χ1n) is 8.85. The van der Waals surface area contributed by atoms with E-state index in [1.807, 2.05) is 0 Å². The summed E-state index contributed by atoms with van der Waals surface area (Å²) in [6.07, 6.45) is -1.12. The Hall–Kier alpha value is -3.93. The highest BCUT2D eigenvalue weighted by Gasteiger charge is 2.32. The number of benzene rings is 2. The lowest BCUT2D eigenvalue weighted by Gasteiger charge is -2.13. The summed E-state index contributed by atoms with van der Waals surface area (Å²) < 4.78 is 55.9. The minimum Gasteiger partial charge on any atom is -0.299 e. The minimum atomic E-state index is -4.48. The van der Waals surface area contributed by atoms with Gasteiger partial charge in [0.1, 0.15) is 17.8 Å². The van der Waals surface area contributed by atoms with Gasteiger partial charge in [-0.15, -0.1) is 5.10 Å². The Bertz CT molecular complexity index is 1320. The second-order valence-electron chi connectivity index (χ2n) is 6.68. The zero-order valence-corrected chi connectivity index (χ0v) is 15.2. The number of hydrogen-bond acceptors (Lipinski definition) is 3. The molecule has 1 aliphatic rings. The van der Waals surface area contributed by atoms with E-state index in [9.17, 15) is 17.6 Å². The predicted octanol–water partition coefficient (Wildman–Crippen LogP) is 3.91. The van der Waals surface area contributed by atoms with Gasteiger partial charge >= 0.3 is 6.18 Å². The van der Waals surface area contributed by atoms with Gasteiger partial charge in [0.25, 0.3) is 0 Å². The standard InChI is InChI=1S/C21H11F4N5/c22-15-5-1-13(2-6-15)3-7-17-19-10-16-11-27-28-30(16)20-9-14(21(23,24)25)4-8-18(20)29(19)12-26-17/h1-2,4-6,8-9,11-12H,10H2. The first-order valence-corrected chi connectivity index (χ1v) is 8.85. The molecule has 148 valence electrons. The molecule has 5 rings (SSSR count). The summed E-state index contributed by atoms with van der Waals surface area (Å²) in [4.78, 5) is 4.34. The second kappa shape index (κ2) is 6.56. The summed E-state index contributed by atoms with van der Waals surface area (Å²) in [6, 6.07) is 9.21. The van der Waals surface area contributed by atoms with Crippen LogP contribution in [-0.4, -0.2) is 24.5 Å². The molecule has 2 aromatic heterocycles. The van der Waals surface area contributed by atoms with E-state index in [4.69, 9.17) is 0 Å². The van der Waals surface area contributed by atoms with Gasteiger partial charge in [0.2, 0.25) is 0 Å². The van der Waals surface area contributed by atoms with Crippen LogP contribution in [0.15, 0.2) is 55.0 Å². The van der Waals surface area contributed by atoms with Gasteiger partial charge in [-0.3, -0.25) is 4.57 Å². The van der Waals surface area contributed by atoms with Gasteiger partial charge in [0.15, 0.2) is 0 Å². The fourth-order valence-electron chi connectivity index (χ4n) is 3.34. The highest BCUT2D eigenvalue weighted by molar-refractivity contribution is 5.58. The molecule has 4 aromatic rings. The highest BCUT2D eigenvalue weighted by atomic mass is 19.4. The first-order chi connectivity index (χ1) is 14.4. The van der Waals surface area contributed by atoms with Crippen LogP contribution in [0.2, 0.25) is 0 Å². The number of hydrogen-bond donors (Lipinski definition) is 0. The summed E-state index contributed by atoms with van der Waals surface area (Å²) in [5.74, 6) is 5.55. The number of imidazole rings is 1. The Kier molecular flexibility index (Phi) is 3.96. The molecular formula is C21H11F4N5. The molecule has 1 aliphatic heterocycles. The van der Waals surface area contributed by atoms with Gasteiger partial charge in [-0.05, 0) is 48.4 Å². The molecule has 0 N–H and O–H groups in total. The number of halogens is 4. The van der Waals surface area contributed by atoms with Gasteiger partial charge in [-0.1, -0.05) is 11.1 Å². The molecule has 3 heterocycles. The summed E-state index contributed by atoms with van der Waals surface area (Å²) in [7, 11) is 0. The highest BCUT2D eigenvalue weighted by Crippen LogP contribution is 2.35. The van der Waals surface area contributed by atoms with Crippen LogP contribution in [0, 0.1) is 17.7 Å². The Morgan fingerprint density at radius 1 is 0.967 bits per heavy atom. The van der Waals surface area contributed by atoms with Crippen molar-refractivity contribution in [3.63, 3.8) is 0 Å². The lowest BCUT2D eigenvalue weighted by atomic mass is 10.1. The van der Waals surface area contributed by atoms with Crippen molar-refractivity contribution in [3.05, 3.63) is 89.0 Å². The normalized spacial score (nSPS) is 12.3. The van der Waals surface area contributed by atoms with Crippen LogP contribution in [0.25, 0.3) is 11.4 Å². The number of rotatable bonds is 0. The minimum absolute atomic E-state index is 0.256. The summed E-state index contributed by atoms with van der Waals surface area (Å²) >= 11 is 0. The van der Waals surface area contributed by atoms with E-state index in [-0.39, 0.29) is 11.5 Å². The first kappa shape index (κ1) is 18.1. The van der Waals surface area contributed by atoms with Gasteiger partial charge in [0, 0.05) is 12.0 Å². The number of aromatic nitrogens is 5. The molecule has 0 radical (unpaired) electrons. The average molecular weight is 409 g/mol. The van der Waals surface area contributed by atoms with Crippen molar-refractivity contribution in [1.82, 2.24) is 24.5 Å². The predicted molar refractivity (Wildman–Crippen MR) is 98.7 cm³/mol. The lowest BCUT2D eigenvalue weighted by molar-refractivity contribution is -0.137. The SMILES string of the molecule is Fc1ccc(C#Cc2ncn3c2Cc2cnnn2-c2cc(C(F)(F)F)ccc2-3)cc1. The van der Waals surface area contributed by atoms with Crippen molar-refractivity contribution in [2.75, 3.05) is 0 Å². The zero-order valence-electron chi connectivity index (χ0n) is 15.2. The Balaban J connectivity index is 1.65. The van der Waals surface area contributed by atoms with Crippen molar-refractivity contribution < 1.29 is 17.6 Å². The quantitative estimate of drug-likeness (QED) is 0.288. The van der Waals surface area contributed by atoms with Crippen molar-refractivity contribution in [2.24, 2.45) is 0 Å². The van der Waals surface area contributed by atoms with Crippen LogP contribution in [-0.2, 0) is 12.6 Å². The third-order valence-electron chi connectivity index (χ3n) is 4.79. The molecule has 0 unspecified atom stereocenters. The lowest BCUT2D eigenvalue weighted by Crippen LogP contribution is -2.09. The molecule has 0 fully saturated rings. The average Bonchev–Trinajstić information content (AvgIpc) is 3.31. The van der Waals surface area contributed by atoms with E-state index < -0.39 is 11.7 Å². The third-order valence-corrected chi connectivity index (χ3v) is 4.79. The molecule has 30 heavy (non-hydrogen) atoms. The van der Waals surface area contributed by atoms with Crippen LogP contribution in [0.1, 0.15) is 28.2 Å². The van der Waals surface area contributed by atoms with Crippen LogP contribution < -0.4 is 0 Å². The maximum absolute atomic E-state index is 13.2. The van der Waals surface area contributed by atoms with E-state index in [1.165, 1.54) is 35.4 Å². The smallest absolute Gasteiger partial charge is 0.299 e. The molecule has 0 aliphatic carbocycles. The number of fused-ring (bicyclic) bond motifs is 5. The molecule has 9 heteroatoms. The molecule has 2 aromatic carbocycles. The molecule has 0 saturated heterocycles. The van der Waals surface area contributed by atoms with Gasteiger partial charge < -0.3 is 0 Å². The molecular weight excluding hydrogens is 398 g/mol. The molecule has 5 nitrogen and oxygen atoms in total. The molecule has 0 bridgehead atoms. The van der Waals surface area contributed by atoms with Crippen LogP contribution in [0.3, 0.4) is 0 Å². The molecule has 0 atom stereocenters. The summed E-state index contributed by atoms with van der Waals surface area (Å²) in [6.45, 7) is 0. The van der Waals surface area contributed by atoms with Gasteiger partial charge in [-0.2, -0.15) is 13.2 Å². The third kappa shape index (κ3) is 3.03. The van der Waals surface area contributed by atoms with Crippen LogP contribution in [0.5, 0.6) is 0 Å². The number of alkyl halides is 3. The summed E-state index contributed by atoms with van der Waals surface area (Å²) in [5.41, 5.74) is 2.37. The second-order valence-corrected chi connectivity index (χ2v) is 6.68. The fourth-order valence-corrected chi connectivity index (χ4v) is 3.34. The zero-order chi connectivity index (χ0) is 20.9. The van der Waals surface area contributed by atoms with Crippen molar-refractivity contribution in [3.8, 4) is 23.2 Å². The van der Waals surface area contributed by atoms with E-state index in [0.29, 0.717) is 34.8 Å². The molecule has 0 saturated carbocycles. The largest absolute Gasteiger partial charge is 0.416 e. The van der Waals surface area contributed by atoms with Crippen molar-refractivity contribution in [2.45, 2.75) is 12.6 Å².